The van der Waals surface area contributed by atoms with E-state index in [0.29, 0.717) is 31.1 Å². The summed E-state index contributed by atoms with van der Waals surface area (Å²) in [5.74, 6) is -1.31. The molecule has 13 heteroatoms. The Morgan fingerprint density at radius 2 is 2.18 bits per heavy atom. The van der Waals surface area contributed by atoms with Gasteiger partial charge in [0.1, 0.15) is 29.4 Å². The summed E-state index contributed by atoms with van der Waals surface area (Å²) in [4.78, 5) is 19.9. The molecule has 2 aliphatic rings. The second-order valence-corrected chi connectivity index (χ2v) is 8.67. The highest BCUT2D eigenvalue weighted by molar-refractivity contribution is 5.92. The van der Waals surface area contributed by atoms with Gasteiger partial charge in [0.2, 0.25) is 5.62 Å². The quantitative estimate of drug-likeness (QED) is 0.476. The van der Waals surface area contributed by atoms with Gasteiger partial charge in [-0.05, 0) is 32.3 Å². The summed E-state index contributed by atoms with van der Waals surface area (Å²) in [7, 11) is 1.74. The molecule has 0 spiro atoms. The number of ether oxygens (including phenoxy) is 1. The lowest BCUT2D eigenvalue weighted by Gasteiger charge is -2.25. The maximum absolute atomic E-state index is 14.1. The first-order valence-electron chi connectivity index (χ1n) is 11.1. The van der Waals surface area contributed by atoms with Crippen LogP contribution in [0.3, 0.4) is 0 Å². The number of rotatable bonds is 7. The van der Waals surface area contributed by atoms with Crippen LogP contribution in [-0.2, 0) is 4.74 Å². The van der Waals surface area contributed by atoms with Gasteiger partial charge in [-0.25, -0.2) is 18.4 Å². The number of hydrogen-bond acceptors (Lipinski definition) is 8. The van der Waals surface area contributed by atoms with Crippen molar-refractivity contribution in [2.24, 2.45) is 0 Å². The van der Waals surface area contributed by atoms with Crippen LogP contribution in [0.15, 0.2) is 18.3 Å². The molecule has 1 fully saturated rings. The first kappa shape index (κ1) is 22.2. The van der Waals surface area contributed by atoms with Crippen molar-refractivity contribution in [2.75, 3.05) is 31.0 Å². The first-order valence-corrected chi connectivity index (χ1v) is 11.1. The minimum absolute atomic E-state index is 0.0430. The number of nitrogens with one attached hydrogen (secondary N) is 3. The Labute approximate surface area is 193 Å². The maximum Gasteiger partial charge on any atom is 0.276 e. The Morgan fingerprint density at radius 3 is 2.91 bits per heavy atom. The standard InChI is InChI=1S/C21H25F2N9O2/c1-11(30(2)20(33)16-8-25-32(28-16)13-9-34-10-13)4-3-5-17-26-19-14-6-12(22)7-15(23)18(14)27-21(24)31(19)29-17/h6-8,11,13,17,24,26,29H,3-5,9-10H2,1-2H3/t11-,17?/m0/s1. The molecule has 180 valence electrons. The van der Waals surface area contributed by atoms with Gasteiger partial charge in [-0.1, -0.05) is 0 Å². The third-order valence-electron chi connectivity index (χ3n) is 6.30. The van der Waals surface area contributed by atoms with Crippen molar-refractivity contribution in [1.29, 1.82) is 5.41 Å². The molecule has 1 saturated heterocycles. The van der Waals surface area contributed by atoms with Gasteiger partial charge in [-0.15, -0.1) is 5.10 Å². The molecule has 2 atom stereocenters. The lowest BCUT2D eigenvalue weighted by Crippen LogP contribution is -2.36. The minimum atomic E-state index is -0.806. The molecule has 0 aliphatic carbocycles. The van der Waals surface area contributed by atoms with Gasteiger partial charge < -0.3 is 15.0 Å². The molecule has 34 heavy (non-hydrogen) atoms. The second kappa shape index (κ2) is 8.63. The maximum atomic E-state index is 14.1. The van der Waals surface area contributed by atoms with Crippen LogP contribution in [0.25, 0.3) is 10.9 Å². The van der Waals surface area contributed by atoms with E-state index in [1.807, 2.05) is 6.92 Å². The summed E-state index contributed by atoms with van der Waals surface area (Å²) in [6, 6.07) is 2.00. The van der Waals surface area contributed by atoms with Crippen molar-refractivity contribution in [2.45, 2.75) is 44.4 Å². The molecule has 0 radical (unpaired) electrons. The van der Waals surface area contributed by atoms with E-state index in [2.05, 4.69) is 25.9 Å². The Balaban J connectivity index is 1.18. The monoisotopic (exact) mass is 473 g/mol. The number of benzene rings is 1. The van der Waals surface area contributed by atoms with Crippen molar-refractivity contribution >= 4 is 22.6 Å². The van der Waals surface area contributed by atoms with Crippen LogP contribution in [0.4, 0.5) is 14.6 Å². The van der Waals surface area contributed by atoms with Crippen LogP contribution < -0.4 is 16.4 Å². The lowest BCUT2D eigenvalue weighted by molar-refractivity contribution is -0.0349. The number of amides is 1. The Hall–Kier alpha value is -3.61. The number of aromatic nitrogens is 5. The molecule has 0 saturated carbocycles. The summed E-state index contributed by atoms with van der Waals surface area (Å²) in [6.45, 7) is 3.07. The van der Waals surface area contributed by atoms with Crippen LogP contribution in [0, 0.1) is 17.0 Å². The minimum Gasteiger partial charge on any atom is -0.377 e. The highest BCUT2D eigenvalue weighted by Crippen LogP contribution is 2.27. The molecule has 4 heterocycles. The number of halogens is 2. The molecule has 5 rings (SSSR count). The highest BCUT2D eigenvalue weighted by atomic mass is 19.1. The summed E-state index contributed by atoms with van der Waals surface area (Å²) in [6.07, 6.45) is 3.37. The van der Waals surface area contributed by atoms with Crippen molar-refractivity contribution in [3.05, 3.63) is 41.3 Å². The van der Waals surface area contributed by atoms with Crippen LogP contribution in [-0.4, -0.2) is 67.9 Å². The number of hydrogen-bond donors (Lipinski definition) is 3. The smallest absolute Gasteiger partial charge is 0.276 e. The SMILES string of the molecule is C[C@@H](CCCC1Nc2c3cc(F)cc(F)c3nc(=N)n2N1)N(C)C(=O)c1cnn(C2COC2)n1. The summed E-state index contributed by atoms with van der Waals surface area (Å²) in [5, 5.41) is 20.0. The molecule has 3 aromatic rings. The fourth-order valence-corrected chi connectivity index (χ4v) is 4.10. The van der Waals surface area contributed by atoms with Crippen molar-refractivity contribution in [3.63, 3.8) is 0 Å². The average Bonchev–Trinajstić information content (AvgIpc) is 3.40. The van der Waals surface area contributed by atoms with Gasteiger partial charge in [0.25, 0.3) is 5.91 Å². The van der Waals surface area contributed by atoms with Crippen molar-refractivity contribution in [1.82, 2.24) is 29.6 Å². The summed E-state index contributed by atoms with van der Waals surface area (Å²) >= 11 is 0. The predicted octanol–water partition coefficient (Wildman–Crippen LogP) is 1.58. The van der Waals surface area contributed by atoms with E-state index in [0.717, 1.165) is 18.9 Å². The van der Waals surface area contributed by atoms with Crippen LogP contribution in [0.2, 0.25) is 0 Å². The molecule has 2 aromatic heterocycles. The zero-order valence-electron chi connectivity index (χ0n) is 18.8. The van der Waals surface area contributed by atoms with E-state index >= 15 is 0 Å². The van der Waals surface area contributed by atoms with Gasteiger partial charge in [0.05, 0.1) is 19.4 Å². The Kier molecular flexibility index (Phi) is 5.63. The van der Waals surface area contributed by atoms with E-state index in [-0.39, 0.29) is 40.7 Å². The van der Waals surface area contributed by atoms with Crippen LogP contribution in [0.5, 0.6) is 0 Å². The molecule has 0 bridgehead atoms. The fourth-order valence-electron chi connectivity index (χ4n) is 4.10. The Morgan fingerprint density at radius 1 is 1.38 bits per heavy atom. The van der Waals surface area contributed by atoms with Crippen LogP contribution >= 0.6 is 0 Å². The van der Waals surface area contributed by atoms with Gasteiger partial charge in [0.15, 0.2) is 11.5 Å². The lowest BCUT2D eigenvalue weighted by atomic mass is 10.1. The van der Waals surface area contributed by atoms with E-state index in [1.54, 1.807) is 11.9 Å². The second-order valence-electron chi connectivity index (χ2n) is 8.67. The van der Waals surface area contributed by atoms with E-state index < -0.39 is 11.6 Å². The number of carbonyl (C=O) groups excluding carboxylic acids is 1. The molecule has 11 nitrogen and oxygen atoms in total. The van der Waals surface area contributed by atoms with Gasteiger partial charge in [-0.3, -0.25) is 15.6 Å². The van der Waals surface area contributed by atoms with Crippen LogP contribution in [0.1, 0.15) is 42.7 Å². The largest absolute Gasteiger partial charge is 0.377 e. The third kappa shape index (κ3) is 3.95. The number of carbonyl (C=O) groups is 1. The van der Waals surface area contributed by atoms with E-state index in [9.17, 15) is 13.6 Å². The molecular formula is C21H25F2N9O2. The third-order valence-corrected chi connectivity index (χ3v) is 6.30. The topological polar surface area (TPSA) is 126 Å². The zero-order valence-corrected chi connectivity index (χ0v) is 18.8. The summed E-state index contributed by atoms with van der Waals surface area (Å²) in [5.41, 5.74) is 3.18. The molecule has 3 N–H and O–H groups in total. The normalized spacial score (nSPS) is 18.2. The molecule has 2 aliphatic heterocycles. The van der Waals surface area contributed by atoms with E-state index in [4.69, 9.17) is 10.1 Å². The fraction of sp³-hybridized carbons (Fsp3) is 0.476. The molecule has 1 amide bonds. The number of fused-ring (bicyclic) bond motifs is 3. The molecular weight excluding hydrogens is 448 g/mol. The predicted molar refractivity (Wildman–Crippen MR) is 118 cm³/mol. The first-order chi connectivity index (χ1) is 16.3. The number of nitrogens with zero attached hydrogens (tertiary/aromatic N) is 6. The zero-order chi connectivity index (χ0) is 24.0. The van der Waals surface area contributed by atoms with Gasteiger partial charge >= 0.3 is 0 Å². The van der Waals surface area contributed by atoms with Crippen molar-refractivity contribution in [3.8, 4) is 0 Å². The number of anilines is 1. The van der Waals surface area contributed by atoms with E-state index in [1.165, 1.54) is 21.7 Å². The van der Waals surface area contributed by atoms with Crippen molar-refractivity contribution < 1.29 is 18.3 Å². The molecule has 1 unspecified atom stereocenters. The Bertz CT molecular complexity index is 1300. The van der Waals surface area contributed by atoms with Gasteiger partial charge in [-0.2, -0.15) is 9.90 Å². The molecule has 1 aromatic carbocycles. The highest BCUT2D eigenvalue weighted by Gasteiger charge is 2.27. The summed E-state index contributed by atoms with van der Waals surface area (Å²) < 4.78 is 34.4. The average molecular weight is 473 g/mol. The van der Waals surface area contributed by atoms with Gasteiger partial charge in [0, 0.05) is 24.5 Å².